The van der Waals surface area contributed by atoms with Crippen LogP contribution in [0, 0.1) is 6.92 Å². The Hall–Kier alpha value is -1.61. The van der Waals surface area contributed by atoms with Gasteiger partial charge in [-0.15, -0.1) is 0 Å². The minimum absolute atomic E-state index is 0.184. The second-order valence-electron chi connectivity index (χ2n) is 5.92. The summed E-state index contributed by atoms with van der Waals surface area (Å²) < 4.78 is 5.45. The summed E-state index contributed by atoms with van der Waals surface area (Å²) >= 11 is 0. The molecule has 1 saturated carbocycles. The Bertz CT molecular complexity index is 565. The van der Waals surface area contributed by atoms with E-state index in [-0.39, 0.29) is 5.41 Å². The number of rotatable bonds is 3. The van der Waals surface area contributed by atoms with Crippen LogP contribution in [-0.4, -0.2) is 11.5 Å². The van der Waals surface area contributed by atoms with E-state index in [2.05, 4.69) is 29.2 Å². The van der Waals surface area contributed by atoms with Crippen LogP contribution in [0.2, 0.25) is 0 Å². The molecule has 3 nitrogen and oxygen atoms in total. The minimum atomic E-state index is 0.184. The van der Waals surface area contributed by atoms with E-state index in [0.29, 0.717) is 5.89 Å². The van der Waals surface area contributed by atoms with Crippen LogP contribution in [0.15, 0.2) is 34.9 Å². The first kappa shape index (κ1) is 13.4. The summed E-state index contributed by atoms with van der Waals surface area (Å²) in [4.78, 5) is 4.37. The van der Waals surface area contributed by atoms with Crippen molar-refractivity contribution in [3.63, 3.8) is 0 Å². The Balaban J connectivity index is 1.88. The molecule has 1 heterocycles. The molecule has 3 rings (SSSR count). The normalized spacial score (nSPS) is 18.1. The zero-order chi connectivity index (χ0) is 14.0. The SMILES string of the molecule is Cc1coc(-c2ccc(C3(CN)CCCCC3)cc2)n1. The van der Waals surface area contributed by atoms with Gasteiger partial charge in [-0.3, -0.25) is 0 Å². The van der Waals surface area contributed by atoms with Crippen LogP contribution in [0.3, 0.4) is 0 Å². The van der Waals surface area contributed by atoms with Crippen molar-refractivity contribution in [2.75, 3.05) is 6.54 Å². The summed E-state index contributed by atoms with van der Waals surface area (Å²) in [5.74, 6) is 0.694. The summed E-state index contributed by atoms with van der Waals surface area (Å²) in [5, 5.41) is 0. The third kappa shape index (κ3) is 2.38. The zero-order valence-corrected chi connectivity index (χ0v) is 12.1. The molecule has 2 N–H and O–H groups in total. The third-order valence-electron chi connectivity index (χ3n) is 4.56. The fraction of sp³-hybridized carbons (Fsp3) is 0.471. The van der Waals surface area contributed by atoms with E-state index in [1.165, 1.54) is 37.7 Å². The van der Waals surface area contributed by atoms with Gasteiger partial charge in [0.2, 0.25) is 5.89 Å². The second kappa shape index (κ2) is 5.41. The van der Waals surface area contributed by atoms with E-state index in [1.54, 1.807) is 6.26 Å². The highest BCUT2D eigenvalue weighted by molar-refractivity contribution is 5.54. The Morgan fingerprint density at radius 1 is 1.15 bits per heavy atom. The van der Waals surface area contributed by atoms with Crippen LogP contribution in [0.5, 0.6) is 0 Å². The first-order valence-corrected chi connectivity index (χ1v) is 7.47. The second-order valence-corrected chi connectivity index (χ2v) is 5.92. The van der Waals surface area contributed by atoms with Crippen molar-refractivity contribution in [1.29, 1.82) is 0 Å². The lowest BCUT2D eigenvalue weighted by atomic mass is 9.69. The maximum Gasteiger partial charge on any atom is 0.226 e. The molecule has 3 heteroatoms. The molecule has 0 saturated heterocycles. The summed E-state index contributed by atoms with van der Waals surface area (Å²) in [6, 6.07) is 8.61. The molecular formula is C17H22N2O. The molecule has 0 bridgehead atoms. The highest BCUT2D eigenvalue weighted by atomic mass is 16.3. The Labute approximate surface area is 120 Å². The van der Waals surface area contributed by atoms with Crippen molar-refractivity contribution in [2.24, 2.45) is 5.73 Å². The van der Waals surface area contributed by atoms with Gasteiger partial charge in [-0.25, -0.2) is 4.98 Å². The Kier molecular flexibility index (Phi) is 3.62. The molecular weight excluding hydrogens is 248 g/mol. The highest BCUT2D eigenvalue weighted by Gasteiger charge is 2.32. The zero-order valence-electron chi connectivity index (χ0n) is 12.1. The maximum absolute atomic E-state index is 6.09. The van der Waals surface area contributed by atoms with Crippen molar-refractivity contribution in [2.45, 2.75) is 44.4 Å². The van der Waals surface area contributed by atoms with Gasteiger partial charge in [0, 0.05) is 17.5 Å². The number of oxazole rings is 1. The predicted molar refractivity (Wildman–Crippen MR) is 80.5 cm³/mol. The van der Waals surface area contributed by atoms with E-state index < -0.39 is 0 Å². The van der Waals surface area contributed by atoms with Gasteiger partial charge in [0.25, 0.3) is 0 Å². The number of nitrogens with two attached hydrogens (primary N) is 1. The average Bonchev–Trinajstić information content (AvgIpc) is 2.95. The molecule has 0 aliphatic heterocycles. The van der Waals surface area contributed by atoms with Gasteiger partial charge in [0.1, 0.15) is 6.26 Å². The van der Waals surface area contributed by atoms with Crippen LogP contribution in [0.25, 0.3) is 11.5 Å². The van der Waals surface area contributed by atoms with E-state index in [9.17, 15) is 0 Å². The molecule has 20 heavy (non-hydrogen) atoms. The summed E-state index contributed by atoms with van der Waals surface area (Å²) in [6.07, 6.45) is 8.03. The van der Waals surface area contributed by atoms with Crippen molar-refractivity contribution >= 4 is 0 Å². The smallest absolute Gasteiger partial charge is 0.226 e. The fourth-order valence-corrected chi connectivity index (χ4v) is 3.29. The van der Waals surface area contributed by atoms with Gasteiger partial charge < -0.3 is 10.2 Å². The number of aryl methyl sites for hydroxylation is 1. The topological polar surface area (TPSA) is 52.0 Å². The molecule has 0 spiro atoms. The Morgan fingerprint density at radius 2 is 1.85 bits per heavy atom. The van der Waals surface area contributed by atoms with Crippen molar-refractivity contribution < 1.29 is 4.42 Å². The largest absolute Gasteiger partial charge is 0.444 e. The first-order chi connectivity index (χ1) is 9.73. The van der Waals surface area contributed by atoms with E-state index in [4.69, 9.17) is 10.2 Å². The van der Waals surface area contributed by atoms with Crippen molar-refractivity contribution in [3.05, 3.63) is 41.8 Å². The van der Waals surface area contributed by atoms with Gasteiger partial charge in [-0.2, -0.15) is 0 Å². The van der Waals surface area contributed by atoms with Crippen LogP contribution >= 0.6 is 0 Å². The number of nitrogens with zero attached hydrogens (tertiary/aromatic N) is 1. The van der Waals surface area contributed by atoms with E-state index >= 15 is 0 Å². The lowest BCUT2D eigenvalue weighted by molar-refractivity contribution is 0.301. The minimum Gasteiger partial charge on any atom is -0.444 e. The molecule has 0 radical (unpaired) electrons. The van der Waals surface area contributed by atoms with Gasteiger partial charge in [0.15, 0.2) is 0 Å². The summed E-state index contributed by atoms with van der Waals surface area (Å²) in [6.45, 7) is 2.68. The molecule has 1 aromatic heterocycles. The molecule has 1 aromatic carbocycles. The molecule has 0 amide bonds. The fourth-order valence-electron chi connectivity index (χ4n) is 3.29. The molecule has 106 valence electrons. The molecule has 1 aliphatic rings. The van der Waals surface area contributed by atoms with E-state index in [1.807, 2.05) is 6.92 Å². The monoisotopic (exact) mass is 270 g/mol. The lowest BCUT2D eigenvalue weighted by Crippen LogP contribution is -2.37. The number of hydrogen-bond donors (Lipinski definition) is 1. The average molecular weight is 270 g/mol. The van der Waals surface area contributed by atoms with Gasteiger partial charge in [-0.05, 0) is 37.5 Å². The molecule has 2 aromatic rings. The van der Waals surface area contributed by atoms with Crippen LogP contribution in [0.4, 0.5) is 0 Å². The van der Waals surface area contributed by atoms with Crippen LogP contribution in [0.1, 0.15) is 43.4 Å². The molecule has 0 atom stereocenters. The molecule has 1 aliphatic carbocycles. The molecule has 1 fully saturated rings. The van der Waals surface area contributed by atoms with Gasteiger partial charge in [0.05, 0.1) is 5.69 Å². The number of hydrogen-bond acceptors (Lipinski definition) is 3. The van der Waals surface area contributed by atoms with Crippen molar-refractivity contribution in [3.8, 4) is 11.5 Å². The van der Waals surface area contributed by atoms with Crippen LogP contribution < -0.4 is 5.73 Å². The Morgan fingerprint density at radius 3 is 2.40 bits per heavy atom. The molecule has 0 unspecified atom stereocenters. The summed E-state index contributed by atoms with van der Waals surface area (Å²) in [7, 11) is 0. The van der Waals surface area contributed by atoms with E-state index in [0.717, 1.165) is 17.8 Å². The summed E-state index contributed by atoms with van der Waals surface area (Å²) in [5.41, 5.74) is 9.59. The van der Waals surface area contributed by atoms with Gasteiger partial charge in [-0.1, -0.05) is 31.4 Å². The third-order valence-corrected chi connectivity index (χ3v) is 4.56. The van der Waals surface area contributed by atoms with Crippen molar-refractivity contribution in [1.82, 2.24) is 4.98 Å². The lowest BCUT2D eigenvalue weighted by Gasteiger charge is -2.36. The highest BCUT2D eigenvalue weighted by Crippen LogP contribution is 2.39. The predicted octanol–water partition coefficient (Wildman–Crippen LogP) is 3.81. The van der Waals surface area contributed by atoms with Crippen LogP contribution in [-0.2, 0) is 5.41 Å². The number of aromatic nitrogens is 1. The first-order valence-electron chi connectivity index (χ1n) is 7.47. The van der Waals surface area contributed by atoms with Gasteiger partial charge >= 0.3 is 0 Å². The maximum atomic E-state index is 6.09. The number of benzene rings is 1. The standard InChI is InChI=1S/C17H22N2O/c1-13-11-20-16(19-13)14-5-7-15(8-6-14)17(12-18)9-3-2-4-10-17/h5-8,11H,2-4,9-10,12,18H2,1H3. The quantitative estimate of drug-likeness (QED) is 0.922.